The molecule has 0 spiro atoms. The van der Waals surface area contributed by atoms with Crippen LogP contribution in [0.5, 0.6) is 0 Å². The minimum absolute atomic E-state index is 0.144. The maximum absolute atomic E-state index is 8.94. The van der Waals surface area contributed by atoms with Crippen LogP contribution in [-0.4, -0.2) is 9.78 Å². The van der Waals surface area contributed by atoms with E-state index in [0.717, 1.165) is 12.1 Å². The predicted molar refractivity (Wildman–Crippen MR) is 86.9 cm³/mol. The number of aromatic nitrogens is 2. The molecule has 4 heteroatoms. The van der Waals surface area contributed by atoms with E-state index in [2.05, 4.69) is 40.2 Å². The number of aromatic amines is 1. The Bertz CT molecular complexity index is 777. The summed E-state index contributed by atoms with van der Waals surface area (Å²) in [4.78, 5) is 0. The molecule has 0 amide bonds. The number of hydrogen-bond acceptors (Lipinski definition) is 2. The van der Waals surface area contributed by atoms with Crippen molar-refractivity contribution in [2.75, 3.05) is 0 Å². The first-order valence-electron chi connectivity index (χ1n) is 7.31. The maximum Gasteiger partial charge on any atom is 0.0991 e. The Balaban J connectivity index is 1.66. The molecular weight excluding hydrogens is 272 g/mol. The Morgan fingerprint density at radius 2 is 2.00 bits per heavy atom. The lowest BCUT2D eigenvalue weighted by molar-refractivity contribution is 0.383. The molecule has 0 saturated heterocycles. The van der Waals surface area contributed by atoms with Crippen LogP contribution in [0.4, 0.5) is 0 Å². The van der Waals surface area contributed by atoms with E-state index in [1.807, 2.05) is 48.7 Å². The van der Waals surface area contributed by atoms with Crippen LogP contribution >= 0.6 is 0 Å². The van der Waals surface area contributed by atoms with E-state index in [1.54, 1.807) is 0 Å². The van der Waals surface area contributed by atoms with E-state index < -0.39 is 0 Å². The predicted octanol–water partition coefficient (Wildman–Crippen LogP) is 3.66. The molecule has 1 heterocycles. The fourth-order valence-electron chi connectivity index (χ4n) is 2.46. The van der Waals surface area contributed by atoms with Gasteiger partial charge >= 0.3 is 0 Å². The number of H-pyrrole nitrogens is 1. The van der Waals surface area contributed by atoms with Crippen molar-refractivity contribution in [3.8, 4) is 17.3 Å². The summed E-state index contributed by atoms with van der Waals surface area (Å²) in [7, 11) is 0. The first-order chi connectivity index (χ1) is 10.8. The molecule has 110 valence electrons. The summed E-state index contributed by atoms with van der Waals surface area (Å²) >= 11 is 0. The number of nitrogens with one attached hydrogen (secondary N) is 2. The summed E-state index contributed by atoms with van der Waals surface area (Å²) in [5.74, 6) is 0. The van der Waals surface area contributed by atoms with Gasteiger partial charge in [-0.05, 0) is 24.6 Å². The minimum Gasteiger partial charge on any atom is -0.302 e. The molecule has 1 unspecified atom stereocenters. The number of hydrogen-bond donors (Lipinski definition) is 2. The molecule has 3 rings (SSSR count). The highest BCUT2D eigenvalue weighted by Gasteiger charge is 2.12. The van der Waals surface area contributed by atoms with Crippen molar-refractivity contribution in [3.05, 3.63) is 71.9 Å². The molecule has 2 N–H and O–H groups in total. The van der Waals surface area contributed by atoms with Crippen molar-refractivity contribution in [2.24, 2.45) is 0 Å². The van der Waals surface area contributed by atoms with Crippen LogP contribution in [-0.2, 0) is 6.54 Å². The number of nitrogens with zero attached hydrogens (tertiary/aromatic N) is 2. The van der Waals surface area contributed by atoms with E-state index in [0.29, 0.717) is 5.56 Å². The molecule has 3 aromatic rings. The van der Waals surface area contributed by atoms with Gasteiger partial charge in [0.15, 0.2) is 0 Å². The lowest BCUT2D eigenvalue weighted by Gasteiger charge is -2.25. The quantitative estimate of drug-likeness (QED) is 0.753. The van der Waals surface area contributed by atoms with E-state index in [4.69, 9.17) is 5.26 Å². The van der Waals surface area contributed by atoms with Crippen molar-refractivity contribution in [1.82, 2.24) is 15.1 Å². The van der Waals surface area contributed by atoms with Gasteiger partial charge < -0.3 is 5.10 Å². The molecule has 1 atom stereocenters. The number of rotatable bonds is 5. The average Bonchev–Trinajstić information content (AvgIpc) is 2.53. The molecule has 0 aliphatic heterocycles. The molecule has 0 bridgehead atoms. The summed E-state index contributed by atoms with van der Waals surface area (Å²) in [5, 5.41) is 15.6. The van der Waals surface area contributed by atoms with Gasteiger partial charge in [-0.15, -0.1) is 0 Å². The summed E-state index contributed by atoms with van der Waals surface area (Å²) < 4.78 is 2.10. The lowest BCUT2D eigenvalue weighted by Crippen LogP contribution is -2.28. The van der Waals surface area contributed by atoms with Gasteiger partial charge in [-0.2, -0.15) is 5.26 Å². The number of benzene rings is 2. The molecule has 0 radical (unpaired) electrons. The highest BCUT2D eigenvalue weighted by atomic mass is 15.4. The second-order valence-electron chi connectivity index (χ2n) is 5.26. The van der Waals surface area contributed by atoms with Crippen molar-refractivity contribution in [2.45, 2.75) is 19.6 Å². The summed E-state index contributed by atoms with van der Waals surface area (Å²) in [6.07, 6.45) is 2.15. The second kappa shape index (κ2) is 6.33. The molecule has 4 nitrogen and oxygen atoms in total. The smallest absolute Gasteiger partial charge is 0.0991 e. The van der Waals surface area contributed by atoms with Gasteiger partial charge in [-0.1, -0.05) is 42.5 Å². The third-order valence-electron chi connectivity index (χ3n) is 3.71. The molecule has 22 heavy (non-hydrogen) atoms. The molecule has 1 aromatic heterocycles. The summed E-state index contributed by atoms with van der Waals surface area (Å²) in [6, 6.07) is 20.1. The third kappa shape index (κ3) is 2.95. The van der Waals surface area contributed by atoms with Crippen molar-refractivity contribution in [3.63, 3.8) is 0 Å². The third-order valence-corrected chi connectivity index (χ3v) is 3.71. The zero-order chi connectivity index (χ0) is 15.4. The van der Waals surface area contributed by atoms with Gasteiger partial charge in [-0.3, -0.25) is 10.00 Å². The van der Waals surface area contributed by atoms with Gasteiger partial charge in [0, 0.05) is 18.3 Å². The fraction of sp³-hybridized carbons (Fsp3) is 0.167. The largest absolute Gasteiger partial charge is 0.302 e. The van der Waals surface area contributed by atoms with Gasteiger partial charge in [0.1, 0.15) is 0 Å². The van der Waals surface area contributed by atoms with Crippen LogP contribution in [0.2, 0.25) is 0 Å². The summed E-state index contributed by atoms with van der Waals surface area (Å²) in [5.41, 5.74) is 4.17. The van der Waals surface area contributed by atoms with Crippen LogP contribution in [0.3, 0.4) is 0 Å². The van der Waals surface area contributed by atoms with Crippen LogP contribution in [0.15, 0.2) is 60.8 Å². The Kier molecular flexibility index (Phi) is 4.08. The zero-order valence-corrected chi connectivity index (χ0v) is 12.5. The maximum atomic E-state index is 8.94. The normalized spacial score (nSPS) is 12.0. The van der Waals surface area contributed by atoms with Crippen molar-refractivity contribution >= 4 is 0 Å². The van der Waals surface area contributed by atoms with Crippen molar-refractivity contribution in [1.29, 1.82) is 5.26 Å². The van der Waals surface area contributed by atoms with E-state index >= 15 is 0 Å². The van der Waals surface area contributed by atoms with Crippen LogP contribution < -0.4 is 5.32 Å². The Morgan fingerprint density at radius 1 is 1.18 bits per heavy atom. The first kappa shape index (κ1) is 14.2. The topological polar surface area (TPSA) is 56.5 Å². The van der Waals surface area contributed by atoms with E-state index in [1.165, 1.54) is 11.3 Å². The number of nitriles is 1. The van der Waals surface area contributed by atoms with Crippen LogP contribution in [0.1, 0.15) is 24.2 Å². The molecule has 0 aliphatic carbocycles. The van der Waals surface area contributed by atoms with Gasteiger partial charge in [0.2, 0.25) is 0 Å². The second-order valence-corrected chi connectivity index (χ2v) is 5.26. The van der Waals surface area contributed by atoms with Crippen molar-refractivity contribution < 1.29 is 0 Å². The lowest BCUT2D eigenvalue weighted by atomic mass is 10.1. The molecule has 0 fully saturated rings. The minimum atomic E-state index is 0.144. The zero-order valence-electron chi connectivity index (χ0n) is 12.5. The standard InChI is InChI=1S/C18H18N4/c1-14(20-12-16-7-5-6-15(10-16)11-19)22-18(13-21-22)17-8-3-2-4-9-17/h2-10,13-14,20-21H,12H2,1H3. The molecular formula is C18H18N4. The van der Waals surface area contributed by atoms with Gasteiger partial charge in [0.05, 0.1) is 23.5 Å². The Morgan fingerprint density at radius 3 is 2.68 bits per heavy atom. The monoisotopic (exact) mass is 290 g/mol. The average molecular weight is 290 g/mol. The molecule has 0 saturated carbocycles. The highest BCUT2D eigenvalue weighted by molar-refractivity contribution is 5.59. The molecule has 0 aliphatic rings. The van der Waals surface area contributed by atoms with Gasteiger partial charge in [-0.25, -0.2) is 0 Å². The summed E-state index contributed by atoms with van der Waals surface area (Å²) in [6.45, 7) is 2.83. The van der Waals surface area contributed by atoms with E-state index in [-0.39, 0.29) is 6.17 Å². The molecule has 2 aromatic carbocycles. The first-order valence-corrected chi connectivity index (χ1v) is 7.31. The van der Waals surface area contributed by atoms with Gasteiger partial charge in [0.25, 0.3) is 0 Å². The fourth-order valence-corrected chi connectivity index (χ4v) is 2.46. The Labute approximate surface area is 130 Å². The van der Waals surface area contributed by atoms with E-state index in [9.17, 15) is 0 Å². The highest BCUT2D eigenvalue weighted by Crippen LogP contribution is 2.22. The Hall–Kier alpha value is -2.77. The van der Waals surface area contributed by atoms with Crippen LogP contribution in [0.25, 0.3) is 11.3 Å². The SMILES string of the molecule is CC(NCc1cccc(C#N)c1)n1[nH]cc1-c1ccccc1. The van der Waals surface area contributed by atoms with Crippen LogP contribution in [0, 0.1) is 11.3 Å².